The van der Waals surface area contributed by atoms with Crippen LogP contribution < -0.4 is 5.32 Å². The number of hydrogen-bond acceptors (Lipinski definition) is 2. The Labute approximate surface area is 122 Å². The molecule has 1 saturated heterocycles. The molecule has 0 aromatic heterocycles. The molecule has 0 radical (unpaired) electrons. The highest BCUT2D eigenvalue weighted by molar-refractivity contribution is 5.84. The van der Waals surface area contributed by atoms with Crippen molar-refractivity contribution in [3.8, 4) is 0 Å². The molecule has 1 heterocycles. The highest BCUT2D eigenvalue weighted by Gasteiger charge is 2.42. The van der Waals surface area contributed by atoms with E-state index in [0.717, 1.165) is 0 Å². The molecule has 1 aromatic rings. The second-order valence-corrected chi connectivity index (χ2v) is 6.99. The Kier molecular flexibility index (Phi) is 3.92. The molecular formula is C17H26N2O. The maximum atomic E-state index is 12.5. The number of amides is 1. The number of nitrogens with one attached hydrogen (secondary N) is 1. The highest BCUT2D eigenvalue weighted by atomic mass is 16.2. The zero-order chi connectivity index (χ0) is 15.1. The standard InChI is InChI=1S/C17H26N2O/c1-11-8-7-9-14(10-11)15-18-12(2)16(20)19(15)13(3)17(4,5)6/h7-10,12-13,15,18H,1-6H3. The summed E-state index contributed by atoms with van der Waals surface area (Å²) in [6.07, 6.45) is -0.0216. The van der Waals surface area contributed by atoms with Crippen molar-refractivity contribution in [3.05, 3.63) is 35.4 Å². The van der Waals surface area contributed by atoms with Gasteiger partial charge in [-0.05, 0) is 31.7 Å². The number of benzene rings is 1. The molecule has 20 heavy (non-hydrogen) atoms. The van der Waals surface area contributed by atoms with Crippen molar-refractivity contribution in [1.82, 2.24) is 10.2 Å². The number of aryl methyl sites for hydroxylation is 1. The fourth-order valence-electron chi connectivity index (χ4n) is 2.67. The zero-order valence-electron chi connectivity index (χ0n) is 13.4. The van der Waals surface area contributed by atoms with Gasteiger partial charge in [-0.1, -0.05) is 50.6 Å². The number of nitrogens with zero attached hydrogens (tertiary/aromatic N) is 1. The molecule has 3 unspecified atom stereocenters. The third-order valence-corrected chi connectivity index (χ3v) is 4.34. The van der Waals surface area contributed by atoms with Gasteiger partial charge < -0.3 is 4.90 Å². The number of carbonyl (C=O) groups excluding carboxylic acids is 1. The molecule has 3 heteroatoms. The summed E-state index contributed by atoms with van der Waals surface area (Å²) in [6, 6.07) is 8.45. The quantitative estimate of drug-likeness (QED) is 0.898. The van der Waals surface area contributed by atoms with Crippen molar-refractivity contribution in [2.24, 2.45) is 5.41 Å². The minimum atomic E-state index is -0.120. The summed E-state index contributed by atoms with van der Waals surface area (Å²) >= 11 is 0. The van der Waals surface area contributed by atoms with Gasteiger partial charge in [0.05, 0.1) is 6.04 Å². The Bertz CT molecular complexity index is 504. The minimum Gasteiger partial charge on any atom is -0.318 e. The molecule has 1 amide bonds. The van der Waals surface area contributed by atoms with E-state index in [4.69, 9.17) is 0 Å². The molecule has 0 spiro atoms. The summed E-state index contributed by atoms with van der Waals surface area (Å²) in [5.41, 5.74) is 2.45. The molecule has 0 saturated carbocycles. The van der Waals surface area contributed by atoms with Gasteiger partial charge in [0, 0.05) is 6.04 Å². The van der Waals surface area contributed by atoms with Gasteiger partial charge in [0.2, 0.25) is 5.91 Å². The van der Waals surface area contributed by atoms with Crippen molar-refractivity contribution < 1.29 is 4.79 Å². The van der Waals surface area contributed by atoms with Crippen molar-refractivity contribution in [2.45, 2.75) is 59.8 Å². The van der Waals surface area contributed by atoms with Crippen LogP contribution in [0.25, 0.3) is 0 Å². The second-order valence-electron chi connectivity index (χ2n) is 6.99. The summed E-state index contributed by atoms with van der Waals surface area (Å²) < 4.78 is 0. The Balaban J connectivity index is 2.38. The van der Waals surface area contributed by atoms with E-state index in [1.807, 2.05) is 11.8 Å². The molecular weight excluding hydrogens is 248 g/mol. The van der Waals surface area contributed by atoms with Crippen molar-refractivity contribution in [2.75, 3.05) is 0 Å². The molecule has 1 fully saturated rings. The lowest BCUT2D eigenvalue weighted by atomic mass is 9.86. The molecule has 3 atom stereocenters. The number of carbonyl (C=O) groups is 1. The normalized spacial score (nSPS) is 25.1. The lowest BCUT2D eigenvalue weighted by molar-refractivity contribution is -0.134. The van der Waals surface area contributed by atoms with Gasteiger partial charge in [-0.3, -0.25) is 10.1 Å². The van der Waals surface area contributed by atoms with Crippen molar-refractivity contribution >= 4 is 5.91 Å². The van der Waals surface area contributed by atoms with E-state index in [1.165, 1.54) is 11.1 Å². The molecule has 2 rings (SSSR count). The molecule has 1 aromatic carbocycles. The highest BCUT2D eigenvalue weighted by Crippen LogP contribution is 2.34. The maximum Gasteiger partial charge on any atom is 0.241 e. The Hall–Kier alpha value is -1.35. The third-order valence-electron chi connectivity index (χ3n) is 4.34. The van der Waals surface area contributed by atoms with Crippen LogP contribution in [0.4, 0.5) is 0 Å². The van der Waals surface area contributed by atoms with E-state index in [9.17, 15) is 4.79 Å². The minimum absolute atomic E-state index is 0.0216. The van der Waals surface area contributed by atoms with Crippen LogP contribution in [-0.4, -0.2) is 22.9 Å². The summed E-state index contributed by atoms with van der Waals surface area (Å²) in [7, 11) is 0. The molecule has 0 aliphatic carbocycles. The van der Waals surface area contributed by atoms with Crippen LogP contribution in [0.2, 0.25) is 0 Å². The number of hydrogen-bond donors (Lipinski definition) is 1. The topological polar surface area (TPSA) is 32.3 Å². The Morgan fingerprint density at radius 3 is 2.50 bits per heavy atom. The van der Waals surface area contributed by atoms with Crippen LogP contribution in [0.15, 0.2) is 24.3 Å². The fraction of sp³-hybridized carbons (Fsp3) is 0.588. The fourth-order valence-corrected chi connectivity index (χ4v) is 2.67. The van der Waals surface area contributed by atoms with Crippen LogP contribution in [-0.2, 0) is 4.79 Å². The molecule has 1 N–H and O–H groups in total. The average molecular weight is 274 g/mol. The third kappa shape index (κ3) is 2.73. The van der Waals surface area contributed by atoms with Crippen LogP contribution in [0.1, 0.15) is 51.9 Å². The first-order valence-corrected chi connectivity index (χ1v) is 7.36. The van der Waals surface area contributed by atoms with Crippen LogP contribution in [0, 0.1) is 12.3 Å². The van der Waals surface area contributed by atoms with Gasteiger partial charge in [-0.2, -0.15) is 0 Å². The van der Waals surface area contributed by atoms with Gasteiger partial charge in [0.1, 0.15) is 6.17 Å². The van der Waals surface area contributed by atoms with E-state index < -0.39 is 0 Å². The van der Waals surface area contributed by atoms with Crippen LogP contribution in [0.3, 0.4) is 0 Å². The predicted molar refractivity (Wildman–Crippen MR) is 82.3 cm³/mol. The van der Waals surface area contributed by atoms with E-state index in [1.54, 1.807) is 0 Å². The molecule has 1 aliphatic rings. The van der Waals surface area contributed by atoms with E-state index in [0.29, 0.717) is 0 Å². The summed E-state index contributed by atoms with van der Waals surface area (Å²) in [5.74, 6) is 0.193. The van der Waals surface area contributed by atoms with Gasteiger partial charge in [0.15, 0.2) is 0 Å². The molecule has 1 aliphatic heterocycles. The Morgan fingerprint density at radius 1 is 1.30 bits per heavy atom. The largest absolute Gasteiger partial charge is 0.318 e. The van der Waals surface area contributed by atoms with E-state index in [2.05, 4.69) is 64.2 Å². The maximum absolute atomic E-state index is 12.5. The van der Waals surface area contributed by atoms with Crippen LogP contribution in [0.5, 0.6) is 0 Å². The summed E-state index contributed by atoms with van der Waals surface area (Å²) in [5, 5.41) is 3.43. The zero-order valence-corrected chi connectivity index (χ0v) is 13.4. The number of rotatable bonds is 2. The molecule has 0 bridgehead atoms. The SMILES string of the molecule is Cc1cccc(C2NC(C)C(=O)N2C(C)C(C)(C)C)c1. The van der Waals surface area contributed by atoms with Gasteiger partial charge >= 0.3 is 0 Å². The molecule has 110 valence electrons. The monoisotopic (exact) mass is 274 g/mol. The smallest absolute Gasteiger partial charge is 0.241 e. The van der Waals surface area contributed by atoms with E-state index >= 15 is 0 Å². The first kappa shape index (κ1) is 15.0. The molecule has 3 nitrogen and oxygen atoms in total. The lowest BCUT2D eigenvalue weighted by Crippen LogP contribution is -2.45. The van der Waals surface area contributed by atoms with Crippen molar-refractivity contribution in [3.63, 3.8) is 0 Å². The summed E-state index contributed by atoms with van der Waals surface area (Å²) in [4.78, 5) is 14.5. The van der Waals surface area contributed by atoms with Crippen molar-refractivity contribution in [1.29, 1.82) is 0 Å². The predicted octanol–water partition coefficient (Wildman–Crippen LogP) is 3.25. The van der Waals surface area contributed by atoms with Crippen LogP contribution >= 0.6 is 0 Å². The first-order valence-electron chi connectivity index (χ1n) is 7.36. The first-order chi connectivity index (χ1) is 9.21. The van der Waals surface area contributed by atoms with Gasteiger partial charge in [-0.15, -0.1) is 0 Å². The Morgan fingerprint density at radius 2 is 1.95 bits per heavy atom. The van der Waals surface area contributed by atoms with E-state index in [-0.39, 0.29) is 29.6 Å². The lowest BCUT2D eigenvalue weighted by Gasteiger charge is -2.38. The van der Waals surface area contributed by atoms with Gasteiger partial charge in [0.25, 0.3) is 0 Å². The van der Waals surface area contributed by atoms with Gasteiger partial charge in [-0.25, -0.2) is 0 Å². The summed E-state index contributed by atoms with van der Waals surface area (Å²) in [6.45, 7) is 12.7. The second kappa shape index (κ2) is 5.21. The average Bonchev–Trinajstić information content (AvgIpc) is 2.64.